The molecule has 0 radical (unpaired) electrons. The first-order chi connectivity index (χ1) is 15.8. The molecule has 3 heterocycles. The summed E-state index contributed by atoms with van der Waals surface area (Å²) in [5.74, 6) is 0.0187. The molecule has 1 fully saturated rings. The van der Waals surface area contributed by atoms with Gasteiger partial charge in [0.1, 0.15) is 10.9 Å². The third-order valence-electron chi connectivity index (χ3n) is 4.85. The predicted molar refractivity (Wildman–Crippen MR) is 119 cm³/mol. The van der Waals surface area contributed by atoms with E-state index >= 15 is 0 Å². The Morgan fingerprint density at radius 3 is 2.70 bits per heavy atom. The van der Waals surface area contributed by atoms with E-state index in [1.165, 1.54) is 11.8 Å². The number of halogens is 4. The van der Waals surface area contributed by atoms with Crippen molar-refractivity contribution in [1.82, 2.24) is 19.9 Å². The number of para-hydroxylation sites is 1. The Kier molecular flexibility index (Phi) is 7.32. The minimum atomic E-state index is -4.57. The van der Waals surface area contributed by atoms with Crippen LogP contribution in [0, 0.1) is 0 Å². The molecule has 1 amide bonds. The molecule has 12 heteroatoms. The number of amides is 1. The number of thioether (sulfide) groups is 1. The van der Waals surface area contributed by atoms with E-state index in [1.807, 2.05) is 24.3 Å². The van der Waals surface area contributed by atoms with Crippen LogP contribution in [-0.4, -0.2) is 57.8 Å². The van der Waals surface area contributed by atoms with E-state index in [1.54, 1.807) is 0 Å². The molecule has 1 aliphatic heterocycles. The summed E-state index contributed by atoms with van der Waals surface area (Å²) in [6.45, 7) is 3.48. The van der Waals surface area contributed by atoms with Crippen molar-refractivity contribution in [3.63, 3.8) is 0 Å². The molecule has 174 valence electrons. The lowest BCUT2D eigenvalue weighted by atomic mass is 10.2. The van der Waals surface area contributed by atoms with Crippen molar-refractivity contribution in [1.29, 1.82) is 0 Å². The van der Waals surface area contributed by atoms with Gasteiger partial charge in [-0.05, 0) is 12.1 Å². The summed E-state index contributed by atoms with van der Waals surface area (Å²) >= 11 is 7.08. The van der Waals surface area contributed by atoms with Crippen LogP contribution in [0.2, 0.25) is 5.02 Å². The summed E-state index contributed by atoms with van der Waals surface area (Å²) in [6.07, 6.45) is -3.94. The first kappa shape index (κ1) is 23.7. The standard InChI is InChI=1S/C21H19ClF3N5O2S/c22-15-9-13(21(23,24)25)10-26-19(15)29-18(31)12-33-20-14-3-1-2-4-16(14)27-17(28-20)11-30-5-7-32-8-6-30/h1-4,9-10H,5-8,11-12H2,(H,26,29,31). The zero-order valence-corrected chi connectivity index (χ0v) is 18.8. The number of carbonyl (C=O) groups is 1. The lowest BCUT2D eigenvalue weighted by molar-refractivity contribution is -0.137. The number of rotatable bonds is 6. The van der Waals surface area contributed by atoms with E-state index in [-0.39, 0.29) is 16.6 Å². The molecule has 1 N–H and O–H groups in total. The van der Waals surface area contributed by atoms with Gasteiger partial charge in [0.15, 0.2) is 5.82 Å². The number of nitrogens with zero attached hydrogens (tertiary/aromatic N) is 4. The first-order valence-electron chi connectivity index (χ1n) is 10.0. The molecule has 0 aliphatic carbocycles. The highest BCUT2D eigenvalue weighted by Gasteiger charge is 2.31. The number of nitrogens with one attached hydrogen (secondary N) is 1. The van der Waals surface area contributed by atoms with Crippen LogP contribution in [0.25, 0.3) is 10.9 Å². The van der Waals surface area contributed by atoms with Gasteiger partial charge in [0.2, 0.25) is 5.91 Å². The normalized spacial score (nSPS) is 15.0. The maximum atomic E-state index is 12.8. The van der Waals surface area contributed by atoms with Crippen LogP contribution in [0.3, 0.4) is 0 Å². The maximum absolute atomic E-state index is 12.8. The largest absolute Gasteiger partial charge is 0.417 e. The Labute approximate surface area is 196 Å². The van der Waals surface area contributed by atoms with Gasteiger partial charge in [-0.25, -0.2) is 15.0 Å². The topological polar surface area (TPSA) is 80.2 Å². The molecule has 33 heavy (non-hydrogen) atoms. The fraction of sp³-hybridized carbons (Fsp3) is 0.333. The predicted octanol–water partition coefficient (Wildman–Crippen LogP) is 4.26. The minimum absolute atomic E-state index is 0.0307. The van der Waals surface area contributed by atoms with Crippen LogP contribution in [0.5, 0.6) is 0 Å². The highest BCUT2D eigenvalue weighted by Crippen LogP contribution is 2.32. The summed E-state index contributed by atoms with van der Waals surface area (Å²) < 4.78 is 43.7. The molecular formula is C21H19ClF3N5O2S. The van der Waals surface area contributed by atoms with Gasteiger partial charge in [0.25, 0.3) is 0 Å². The lowest BCUT2D eigenvalue weighted by Crippen LogP contribution is -2.36. The second-order valence-electron chi connectivity index (χ2n) is 7.24. The molecule has 1 aliphatic rings. The Balaban J connectivity index is 1.46. The average Bonchev–Trinajstić information content (AvgIpc) is 2.79. The van der Waals surface area contributed by atoms with Crippen LogP contribution in [0.4, 0.5) is 19.0 Å². The monoisotopic (exact) mass is 497 g/mol. The number of benzene rings is 1. The van der Waals surface area contributed by atoms with Crippen molar-refractivity contribution in [2.24, 2.45) is 0 Å². The minimum Gasteiger partial charge on any atom is -0.379 e. The molecule has 0 bridgehead atoms. The maximum Gasteiger partial charge on any atom is 0.417 e. The Morgan fingerprint density at radius 2 is 1.97 bits per heavy atom. The highest BCUT2D eigenvalue weighted by atomic mass is 35.5. The van der Waals surface area contributed by atoms with Gasteiger partial charge >= 0.3 is 6.18 Å². The number of alkyl halides is 3. The van der Waals surface area contributed by atoms with E-state index in [0.29, 0.717) is 36.8 Å². The Bertz CT molecular complexity index is 1160. The highest BCUT2D eigenvalue weighted by molar-refractivity contribution is 8.00. The van der Waals surface area contributed by atoms with Crippen LogP contribution >= 0.6 is 23.4 Å². The molecule has 0 atom stereocenters. The average molecular weight is 498 g/mol. The van der Waals surface area contributed by atoms with Gasteiger partial charge in [0, 0.05) is 24.7 Å². The van der Waals surface area contributed by atoms with Crippen LogP contribution in [0.1, 0.15) is 11.4 Å². The molecule has 0 saturated carbocycles. The second-order valence-corrected chi connectivity index (χ2v) is 8.61. The van der Waals surface area contributed by atoms with Crippen molar-refractivity contribution in [2.75, 3.05) is 37.4 Å². The summed E-state index contributed by atoms with van der Waals surface area (Å²) in [5, 5.41) is 3.62. The summed E-state index contributed by atoms with van der Waals surface area (Å²) in [5.41, 5.74) is -0.216. The molecule has 1 aromatic carbocycles. The lowest BCUT2D eigenvalue weighted by Gasteiger charge is -2.25. The van der Waals surface area contributed by atoms with E-state index in [2.05, 4.69) is 25.2 Å². The van der Waals surface area contributed by atoms with Crippen molar-refractivity contribution in [3.8, 4) is 0 Å². The first-order valence-corrected chi connectivity index (χ1v) is 11.4. The van der Waals surface area contributed by atoms with Gasteiger partial charge in [0.05, 0.1) is 41.6 Å². The van der Waals surface area contributed by atoms with E-state index in [0.717, 1.165) is 30.1 Å². The number of aromatic nitrogens is 3. The van der Waals surface area contributed by atoms with E-state index in [9.17, 15) is 18.0 Å². The van der Waals surface area contributed by atoms with Gasteiger partial charge in [-0.2, -0.15) is 13.2 Å². The smallest absolute Gasteiger partial charge is 0.379 e. The van der Waals surface area contributed by atoms with Gasteiger partial charge in [-0.1, -0.05) is 41.6 Å². The quantitative estimate of drug-likeness (QED) is 0.402. The Morgan fingerprint density at radius 1 is 1.21 bits per heavy atom. The molecule has 1 saturated heterocycles. The van der Waals surface area contributed by atoms with Crippen molar-refractivity contribution >= 4 is 46.0 Å². The molecule has 0 spiro atoms. The molecule has 7 nitrogen and oxygen atoms in total. The second kappa shape index (κ2) is 10.2. The summed E-state index contributed by atoms with van der Waals surface area (Å²) in [7, 11) is 0. The van der Waals surface area contributed by atoms with Crippen LogP contribution in [-0.2, 0) is 22.3 Å². The number of pyridine rings is 1. The van der Waals surface area contributed by atoms with Gasteiger partial charge in [-0.3, -0.25) is 9.69 Å². The number of hydrogen-bond donors (Lipinski definition) is 1. The number of carbonyl (C=O) groups excluding carboxylic acids is 1. The molecule has 2 aromatic heterocycles. The number of anilines is 1. The zero-order valence-electron chi connectivity index (χ0n) is 17.2. The van der Waals surface area contributed by atoms with Gasteiger partial charge in [-0.15, -0.1) is 0 Å². The summed E-state index contributed by atoms with van der Waals surface area (Å²) in [6, 6.07) is 8.24. The fourth-order valence-electron chi connectivity index (χ4n) is 3.22. The van der Waals surface area contributed by atoms with Gasteiger partial charge < -0.3 is 10.1 Å². The SMILES string of the molecule is O=C(CSc1nc(CN2CCOCC2)nc2ccccc12)Nc1ncc(C(F)(F)F)cc1Cl. The number of morpholine rings is 1. The van der Waals surface area contributed by atoms with Crippen molar-refractivity contribution in [3.05, 3.63) is 52.9 Å². The molecule has 0 unspecified atom stereocenters. The number of hydrogen-bond acceptors (Lipinski definition) is 7. The number of ether oxygens (including phenoxy) is 1. The van der Waals surface area contributed by atoms with Crippen LogP contribution in [0.15, 0.2) is 41.6 Å². The third kappa shape index (κ3) is 6.11. The van der Waals surface area contributed by atoms with E-state index in [4.69, 9.17) is 16.3 Å². The third-order valence-corrected chi connectivity index (χ3v) is 6.13. The van der Waals surface area contributed by atoms with Crippen LogP contribution < -0.4 is 5.32 Å². The zero-order chi connectivity index (χ0) is 23.4. The molecule has 4 rings (SSSR count). The number of fused-ring (bicyclic) bond motifs is 1. The molecule has 3 aromatic rings. The Hall–Kier alpha value is -2.47. The molecular weight excluding hydrogens is 479 g/mol. The summed E-state index contributed by atoms with van der Waals surface area (Å²) in [4.78, 5) is 27.6. The fourth-order valence-corrected chi connectivity index (χ4v) is 4.27. The van der Waals surface area contributed by atoms with Crippen molar-refractivity contribution < 1.29 is 22.7 Å². The van der Waals surface area contributed by atoms with E-state index < -0.39 is 17.6 Å². The van der Waals surface area contributed by atoms with Crippen molar-refractivity contribution in [2.45, 2.75) is 17.7 Å².